The fourth-order valence-corrected chi connectivity index (χ4v) is 1.54. The Morgan fingerprint density at radius 2 is 0.941 bits per heavy atom. The molecule has 0 heterocycles. The predicted octanol–water partition coefficient (Wildman–Crippen LogP) is 2.39. The van der Waals surface area contributed by atoms with Gasteiger partial charge in [0.2, 0.25) is 0 Å². The van der Waals surface area contributed by atoms with E-state index in [2.05, 4.69) is 0 Å². The summed E-state index contributed by atoms with van der Waals surface area (Å²) in [4.78, 5) is 0. The number of aliphatic hydroxyl groups is 4. The van der Waals surface area contributed by atoms with Crippen LogP contribution < -0.4 is 0 Å². The fourth-order valence-electron chi connectivity index (χ4n) is 0.843. The van der Waals surface area contributed by atoms with Crippen LogP contribution in [0.15, 0.2) is 0 Å². The van der Waals surface area contributed by atoms with E-state index in [1.807, 2.05) is 0 Å². The number of aliphatic hydroxyl groups excluding tert-OH is 4. The first kappa shape index (κ1) is 30.4. The van der Waals surface area contributed by atoms with Crippen molar-refractivity contribution in [2.75, 3.05) is 0 Å². The van der Waals surface area contributed by atoms with Gasteiger partial charge in [-0.05, 0) is 34.1 Å². The van der Waals surface area contributed by atoms with Crippen LogP contribution in [0, 0.1) is 0 Å². The van der Waals surface area contributed by atoms with Gasteiger partial charge in [-0.15, -0.1) is 0 Å². The quantitative estimate of drug-likeness (QED) is 0.593. The maximum atomic E-state index is 8.58. The van der Waals surface area contributed by atoms with E-state index >= 15 is 0 Å². The second-order valence-corrected chi connectivity index (χ2v) is 5.46. The zero-order chi connectivity index (χ0) is 11.7. The Bertz CT molecular complexity index is 91.1. The van der Waals surface area contributed by atoms with Crippen molar-refractivity contribution in [3.8, 4) is 0 Å². The molecular weight excluding hydrogens is 239 g/mol. The van der Waals surface area contributed by atoms with Crippen LogP contribution in [0.4, 0.5) is 0 Å². The highest BCUT2D eigenvalue weighted by Crippen LogP contribution is 2.19. The van der Waals surface area contributed by atoms with Crippen LogP contribution in [0.1, 0.15) is 56.4 Å². The van der Waals surface area contributed by atoms with E-state index in [9.17, 15) is 0 Å². The van der Waals surface area contributed by atoms with Gasteiger partial charge < -0.3 is 20.4 Å². The Morgan fingerprint density at radius 1 is 0.706 bits per heavy atom. The van der Waals surface area contributed by atoms with Crippen molar-refractivity contribution in [3.63, 3.8) is 0 Å². The Labute approximate surface area is 110 Å². The molecule has 0 aliphatic carbocycles. The summed E-state index contributed by atoms with van der Waals surface area (Å²) in [5, 5.41) is 34.3. The highest BCUT2D eigenvalue weighted by Gasteiger charge is 1.99. The Kier molecular flexibility index (Phi) is 33.3. The van der Waals surface area contributed by atoms with Crippen molar-refractivity contribution in [3.05, 3.63) is 0 Å². The Balaban J connectivity index is -0.0000000480. The van der Waals surface area contributed by atoms with Crippen molar-refractivity contribution in [2.45, 2.75) is 80.3 Å². The third-order valence-corrected chi connectivity index (χ3v) is 2.13. The summed E-state index contributed by atoms with van der Waals surface area (Å²) in [6.07, 6.45) is -0.278. The third-order valence-electron chi connectivity index (χ3n) is 1.16. The lowest BCUT2D eigenvalue weighted by molar-refractivity contribution is 0.102. The molecule has 0 aromatic carbocycles. The van der Waals surface area contributed by atoms with Crippen molar-refractivity contribution in [1.29, 1.82) is 0 Å². The highest BCUT2D eigenvalue weighted by molar-refractivity contribution is 7.39. The van der Waals surface area contributed by atoms with Crippen molar-refractivity contribution < 1.29 is 20.4 Å². The normalized spacial score (nSPS) is 16.2. The molecule has 0 bridgehead atoms. The van der Waals surface area contributed by atoms with Gasteiger partial charge >= 0.3 is 0 Å². The lowest BCUT2D eigenvalue weighted by Gasteiger charge is -2.04. The molecule has 4 N–H and O–H groups in total. The third kappa shape index (κ3) is 48.4. The first-order valence-corrected chi connectivity index (χ1v) is 5.89. The summed E-state index contributed by atoms with van der Waals surface area (Å²) < 4.78 is 0. The first-order chi connectivity index (χ1) is 6.25. The molecule has 0 saturated carbocycles. The minimum atomic E-state index is -0.375. The molecule has 4 unspecified atom stereocenters. The van der Waals surface area contributed by atoms with Crippen LogP contribution in [0.5, 0.6) is 0 Å². The summed E-state index contributed by atoms with van der Waals surface area (Å²) in [5.74, 6) is -0.694. The van der Waals surface area contributed by atoms with Gasteiger partial charge in [0.05, 0.1) is 23.9 Å². The maximum Gasteiger partial charge on any atom is 0.0699 e. The van der Waals surface area contributed by atoms with Crippen molar-refractivity contribution in [1.82, 2.24) is 0 Å². The van der Waals surface area contributed by atoms with Gasteiger partial charge in [0.1, 0.15) is 0 Å². The molecule has 112 valence electrons. The lowest BCUT2D eigenvalue weighted by atomic mass is 10.2. The lowest BCUT2D eigenvalue weighted by Crippen LogP contribution is -2.10. The van der Waals surface area contributed by atoms with E-state index in [0.29, 0.717) is 6.42 Å². The second-order valence-electron chi connectivity index (χ2n) is 3.45. The molecule has 0 aliphatic heterocycles. The Hall–Kier alpha value is 0.270. The van der Waals surface area contributed by atoms with Crippen molar-refractivity contribution >= 4 is 8.58 Å². The topological polar surface area (TPSA) is 80.9 Å². The summed E-state index contributed by atoms with van der Waals surface area (Å²) in [5.41, 5.74) is 0. The zero-order valence-corrected chi connectivity index (χ0v) is 10.3. The molecule has 5 heteroatoms. The zero-order valence-electron chi connectivity index (χ0n) is 9.31. The summed E-state index contributed by atoms with van der Waals surface area (Å²) in [7, 11) is 0.256. The molecular formula is C12H35O4P. The number of rotatable bonds is 4. The minimum Gasteiger partial charge on any atom is -0.393 e. The van der Waals surface area contributed by atoms with E-state index in [-0.39, 0.29) is 54.8 Å². The van der Waals surface area contributed by atoms with E-state index in [4.69, 9.17) is 20.4 Å². The Morgan fingerprint density at radius 3 is 0.941 bits per heavy atom. The molecule has 17 heavy (non-hydrogen) atoms. The molecule has 0 spiro atoms. The average molecular weight is 274 g/mol. The van der Waals surface area contributed by atoms with Gasteiger partial charge in [-0.25, -0.2) is 0 Å². The minimum absolute atomic E-state index is 0. The maximum absolute atomic E-state index is 8.58. The van der Waals surface area contributed by atoms with Crippen LogP contribution in [-0.2, 0) is 0 Å². The van der Waals surface area contributed by atoms with Gasteiger partial charge in [-0.3, -0.25) is 0 Å². The molecule has 0 fully saturated rings. The average Bonchev–Trinajstić information content (AvgIpc) is 1.79. The largest absolute Gasteiger partial charge is 0.393 e. The van der Waals surface area contributed by atoms with Gasteiger partial charge in [0.25, 0.3) is 0 Å². The van der Waals surface area contributed by atoms with Gasteiger partial charge in [-0.2, -0.15) is 0 Å². The monoisotopic (exact) mass is 274 g/mol. The van der Waals surface area contributed by atoms with Gasteiger partial charge in [-0.1, -0.05) is 30.9 Å². The molecule has 0 amide bonds. The number of hydrogen-bond donors (Lipinski definition) is 4. The van der Waals surface area contributed by atoms with E-state index in [1.165, 1.54) is 0 Å². The molecule has 0 saturated heterocycles. The first-order valence-electron chi connectivity index (χ1n) is 4.74. The van der Waals surface area contributed by atoms with Gasteiger partial charge in [0.15, 0.2) is 0 Å². The van der Waals surface area contributed by atoms with E-state index in [1.54, 1.807) is 27.7 Å². The SMILES string of the molecule is C.C.C.CC(O)CC(C)O.CC(O)PC(C)O. The highest BCUT2D eigenvalue weighted by atomic mass is 31.1. The summed E-state index contributed by atoms with van der Waals surface area (Å²) in [6.45, 7) is 6.66. The summed E-state index contributed by atoms with van der Waals surface area (Å²) >= 11 is 0. The van der Waals surface area contributed by atoms with Crippen molar-refractivity contribution in [2.24, 2.45) is 0 Å². The molecule has 4 atom stereocenters. The molecule has 0 aliphatic rings. The van der Waals surface area contributed by atoms with Crippen LogP contribution in [0.3, 0.4) is 0 Å². The summed E-state index contributed by atoms with van der Waals surface area (Å²) in [6, 6.07) is 0. The van der Waals surface area contributed by atoms with Crippen LogP contribution >= 0.6 is 8.58 Å². The van der Waals surface area contributed by atoms with Gasteiger partial charge in [0, 0.05) is 0 Å². The second kappa shape index (κ2) is 18.6. The molecule has 0 aromatic rings. The van der Waals surface area contributed by atoms with Crippen LogP contribution in [0.25, 0.3) is 0 Å². The van der Waals surface area contributed by atoms with E-state index in [0.717, 1.165) is 0 Å². The predicted molar refractivity (Wildman–Crippen MR) is 79.8 cm³/mol. The molecule has 4 nitrogen and oxygen atoms in total. The van der Waals surface area contributed by atoms with Crippen LogP contribution in [-0.4, -0.2) is 44.3 Å². The molecule has 0 radical (unpaired) electrons. The molecule has 0 aromatic heterocycles. The molecule has 0 rings (SSSR count). The standard InChI is InChI=1S/C5H12O2.C4H11O2P.3CH4/c1-4(6)3-5(2)7;1-3(5)7-4(2)6;;;/h4-7H,3H2,1-2H3;3-7H,1-2H3;3*1H4. The fraction of sp³-hybridized carbons (Fsp3) is 1.00. The number of hydrogen-bond acceptors (Lipinski definition) is 4. The van der Waals surface area contributed by atoms with Crippen LogP contribution in [0.2, 0.25) is 0 Å². The van der Waals surface area contributed by atoms with E-state index < -0.39 is 0 Å². The smallest absolute Gasteiger partial charge is 0.0699 e.